The Morgan fingerprint density at radius 3 is 2.60 bits per heavy atom. The van der Waals surface area contributed by atoms with Gasteiger partial charge in [-0.05, 0) is 57.3 Å². The van der Waals surface area contributed by atoms with Crippen LogP contribution in [0.2, 0.25) is 0 Å². The molecule has 1 nitrogen and oxygen atoms in total. The second-order valence-corrected chi connectivity index (χ2v) is 4.63. The molecule has 0 aliphatic heterocycles. The molecule has 0 aliphatic rings. The topological polar surface area (TPSA) is 12.0 Å². The molecule has 0 bridgehead atoms. The Bertz CT molecular complexity index is 304. The molecule has 15 heavy (non-hydrogen) atoms. The van der Waals surface area contributed by atoms with Gasteiger partial charge in [-0.15, -0.1) is 0 Å². The van der Waals surface area contributed by atoms with Crippen LogP contribution in [0.25, 0.3) is 0 Å². The molecule has 1 aromatic rings. The largest absolute Gasteiger partial charge is 0.320 e. The maximum Gasteiger partial charge on any atom is -0.00493 e. The molecule has 0 saturated carbocycles. The van der Waals surface area contributed by atoms with Crippen LogP contribution in [0, 0.1) is 19.8 Å². The summed E-state index contributed by atoms with van der Waals surface area (Å²) < 4.78 is 0. The van der Waals surface area contributed by atoms with Gasteiger partial charge in [0.1, 0.15) is 0 Å². The van der Waals surface area contributed by atoms with E-state index < -0.39 is 0 Å². The number of hydrogen-bond acceptors (Lipinski definition) is 1. The van der Waals surface area contributed by atoms with Gasteiger partial charge in [0, 0.05) is 0 Å². The molecule has 0 radical (unpaired) electrons. The van der Waals surface area contributed by atoms with Crippen LogP contribution in [-0.2, 0) is 6.42 Å². The van der Waals surface area contributed by atoms with Crippen LogP contribution >= 0.6 is 0 Å². The van der Waals surface area contributed by atoms with Gasteiger partial charge in [0.2, 0.25) is 0 Å². The molecule has 1 unspecified atom stereocenters. The fraction of sp³-hybridized carbons (Fsp3) is 0.571. The third-order valence-electron chi connectivity index (χ3n) is 2.95. The summed E-state index contributed by atoms with van der Waals surface area (Å²) in [4.78, 5) is 0. The predicted octanol–water partition coefficient (Wildman–Crippen LogP) is 3.09. The van der Waals surface area contributed by atoms with Gasteiger partial charge in [0.05, 0.1) is 0 Å². The average Bonchev–Trinajstić information content (AvgIpc) is 2.19. The van der Waals surface area contributed by atoms with Crippen LogP contribution in [0.5, 0.6) is 0 Å². The van der Waals surface area contributed by atoms with E-state index in [-0.39, 0.29) is 0 Å². The first kappa shape index (κ1) is 12.3. The molecule has 0 aromatic heterocycles. The summed E-state index contributed by atoms with van der Waals surface area (Å²) in [6.45, 7) is 7.82. The zero-order chi connectivity index (χ0) is 11.3. The first-order valence-corrected chi connectivity index (χ1v) is 5.84. The Kier molecular flexibility index (Phi) is 4.83. The summed E-state index contributed by atoms with van der Waals surface area (Å²) in [7, 11) is 2.02. The summed E-state index contributed by atoms with van der Waals surface area (Å²) in [6.07, 6.45) is 2.46. The van der Waals surface area contributed by atoms with E-state index in [2.05, 4.69) is 44.3 Å². The van der Waals surface area contributed by atoms with E-state index in [1.54, 1.807) is 0 Å². The lowest BCUT2D eigenvalue weighted by atomic mass is 9.94. The summed E-state index contributed by atoms with van der Waals surface area (Å²) >= 11 is 0. The number of aryl methyl sites for hydroxylation is 2. The molecule has 1 aromatic carbocycles. The van der Waals surface area contributed by atoms with Gasteiger partial charge in [-0.25, -0.2) is 0 Å². The fourth-order valence-electron chi connectivity index (χ4n) is 1.94. The van der Waals surface area contributed by atoms with Gasteiger partial charge in [-0.1, -0.05) is 30.7 Å². The van der Waals surface area contributed by atoms with E-state index >= 15 is 0 Å². The minimum atomic E-state index is 0.763. The summed E-state index contributed by atoms with van der Waals surface area (Å²) in [5, 5.41) is 3.21. The highest BCUT2D eigenvalue weighted by molar-refractivity contribution is 5.30. The Morgan fingerprint density at radius 2 is 2.00 bits per heavy atom. The lowest BCUT2D eigenvalue weighted by molar-refractivity contribution is 0.514. The smallest absolute Gasteiger partial charge is 0.00493 e. The van der Waals surface area contributed by atoms with Crippen LogP contribution in [0.3, 0.4) is 0 Å². The molecular formula is C14H23N. The van der Waals surface area contributed by atoms with E-state index in [0.29, 0.717) is 0 Å². The van der Waals surface area contributed by atoms with Crippen molar-refractivity contribution in [1.82, 2.24) is 5.32 Å². The molecule has 0 fully saturated rings. The molecule has 0 saturated heterocycles. The minimum absolute atomic E-state index is 0.763. The molecule has 1 heteroatoms. The lowest BCUT2D eigenvalue weighted by Gasteiger charge is -2.13. The zero-order valence-electron chi connectivity index (χ0n) is 10.4. The highest BCUT2D eigenvalue weighted by Gasteiger charge is 2.05. The van der Waals surface area contributed by atoms with Crippen molar-refractivity contribution in [2.45, 2.75) is 33.6 Å². The van der Waals surface area contributed by atoms with Crippen molar-refractivity contribution in [2.24, 2.45) is 5.92 Å². The zero-order valence-corrected chi connectivity index (χ0v) is 10.4. The Hall–Kier alpha value is -0.820. The third kappa shape index (κ3) is 4.05. The molecule has 1 N–H and O–H groups in total. The summed E-state index contributed by atoms with van der Waals surface area (Å²) in [6, 6.07) is 6.77. The molecule has 1 atom stereocenters. The molecule has 0 heterocycles. The van der Waals surface area contributed by atoms with Crippen molar-refractivity contribution in [3.63, 3.8) is 0 Å². The maximum atomic E-state index is 3.21. The van der Waals surface area contributed by atoms with Crippen molar-refractivity contribution < 1.29 is 0 Å². The summed E-state index contributed by atoms with van der Waals surface area (Å²) in [5.74, 6) is 0.763. The first-order valence-electron chi connectivity index (χ1n) is 5.84. The monoisotopic (exact) mass is 205 g/mol. The number of nitrogens with one attached hydrogen (secondary N) is 1. The van der Waals surface area contributed by atoms with Crippen LogP contribution in [0.1, 0.15) is 30.0 Å². The second-order valence-electron chi connectivity index (χ2n) is 4.63. The van der Waals surface area contributed by atoms with Gasteiger partial charge in [-0.3, -0.25) is 0 Å². The lowest BCUT2D eigenvalue weighted by Crippen LogP contribution is -2.13. The van der Waals surface area contributed by atoms with Crippen molar-refractivity contribution >= 4 is 0 Å². The van der Waals surface area contributed by atoms with Gasteiger partial charge in [0.25, 0.3) is 0 Å². The van der Waals surface area contributed by atoms with Crippen molar-refractivity contribution in [3.05, 3.63) is 34.9 Å². The third-order valence-corrected chi connectivity index (χ3v) is 2.95. The van der Waals surface area contributed by atoms with Crippen molar-refractivity contribution in [2.75, 3.05) is 13.6 Å². The molecule has 84 valence electrons. The van der Waals surface area contributed by atoms with Gasteiger partial charge in [-0.2, -0.15) is 0 Å². The average molecular weight is 205 g/mol. The Morgan fingerprint density at radius 1 is 1.27 bits per heavy atom. The highest BCUT2D eigenvalue weighted by Crippen LogP contribution is 2.16. The van der Waals surface area contributed by atoms with E-state index in [1.807, 2.05) is 7.05 Å². The predicted molar refractivity (Wildman–Crippen MR) is 67.3 cm³/mol. The Balaban J connectivity index is 2.56. The van der Waals surface area contributed by atoms with Gasteiger partial charge in [0.15, 0.2) is 0 Å². The number of hydrogen-bond donors (Lipinski definition) is 1. The van der Waals surface area contributed by atoms with E-state index in [1.165, 1.54) is 29.5 Å². The van der Waals surface area contributed by atoms with Crippen LogP contribution in [0.15, 0.2) is 18.2 Å². The quantitative estimate of drug-likeness (QED) is 0.779. The number of rotatable bonds is 5. The van der Waals surface area contributed by atoms with Crippen LogP contribution < -0.4 is 5.32 Å². The van der Waals surface area contributed by atoms with Gasteiger partial charge >= 0.3 is 0 Å². The first-order chi connectivity index (χ1) is 7.13. The van der Waals surface area contributed by atoms with E-state index in [0.717, 1.165) is 12.5 Å². The maximum absolute atomic E-state index is 3.21. The van der Waals surface area contributed by atoms with E-state index in [9.17, 15) is 0 Å². The molecule has 0 amide bonds. The van der Waals surface area contributed by atoms with Crippen LogP contribution in [0.4, 0.5) is 0 Å². The molecule has 0 aliphatic carbocycles. The second kappa shape index (κ2) is 5.92. The van der Waals surface area contributed by atoms with Crippen LogP contribution in [-0.4, -0.2) is 13.6 Å². The molecule has 1 rings (SSSR count). The van der Waals surface area contributed by atoms with Gasteiger partial charge < -0.3 is 5.32 Å². The SMILES string of the molecule is CNCCC(C)Cc1ccc(C)cc1C. The minimum Gasteiger partial charge on any atom is -0.320 e. The summed E-state index contributed by atoms with van der Waals surface area (Å²) in [5.41, 5.74) is 4.30. The Labute approximate surface area is 93.9 Å². The van der Waals surface area contributed by atoms with E-state index in [4.69, 9.17) is 0 Å². The molecular weight excluding hydrogens is 182 g/mol. The normalized spacial score (nSPS) is 12.8. The highest BCUT2D eigenvalue weighted by atomic mass is 14.8. The number of benzene rings is 1. The van der Waals surface area contributed by atoms with Crippen molar-refractivity contribution in [1.29, 1.82) is 0 Å². The van der Waals surface area contributed by atoms with Crippen molar-refractivity contribution in [3.8, 4) is 0 Å². The molecule has 0 spiro atoms. The standard InChI is InChI=1S/C14H23N/c1-11-5-6-14(13(3)9-11)10-12(2)7-8-15-4/h5-6,9,12,15H,7-8,10H2,1-4H3. The fourth-order valence-corrected chi connectivity index (χ4v) is 1.94.